The first kappa shape index (κ1) is 17.9. The molecule has 0 amide bonds. The van der Waals surface area contributed by atoms with E-state index in [0.29, 0.717) is 18.1 Å². The van der Waals surface area contributed by atoms with E-state index in [2.05, 4.69) is 86.2 Å². The van der Waals surface area contributed by atoms with Gasteiger partial charge in [-0.15, -0.1) is 0 Å². The summed E-state index contributed by atoms with van der Waals surface area (Å²) in [6.45, 7) is 11.1. The van der Waals surface area contributed by atoms with Crippen LogP contribution >= 0.6 is 0 Å². The fourth-order valence-corrected chi connectivity index (χ4v) is 4.08. The highest BCUT2D eigenvalue weighted by atomic mass is 15.2. The molecule has 1 aromatic carbocycles. The summed E-state index contributed by atoms with van der Waals surface area (Å²) in [5.41, 5.74) is 2.74. The van der Waals surface area contributed by atoms with Gasteiger partial charge >= 0.3 is 0 Å². The average Bonchev–Trinajstić information content (AvgIpc) is 3.04. The van der Waals surface area contributed by atoms with Crippen molar-refractivity contribution in [2.45, 2.75) is 65.2 Å². The molecule has 3 rings (SSSR count). The van der Waals surface area contributed by atoms with Crippen molar-refractivity contribution in [1.82, 2.24) is 9.88 Å². The molecule has 0 N–H and O–H groups in total. The van der Waals surface area contributed by atoms with Gasteiger partial charge in [0.2, 0.25) is 0 Å². The van der Waals surface area contributed by atoms with E-state index in [1.807, 2.05) is 0 Å². The molecule has 1 aromatic heterocycles. The molecule has 0 aliphatic carbocycles. The number of pyridine rings is 1. The molecule has 1 fully saturated rings. The zero-order chi connectivity index (χ0) is 17.8. The van der Waals surface area contributed by atoms with E-state index in [4.69, 9.17) is 4.98 Å². The first-order valence-corrected chi connectivity index (χ1v) is 9.58. The zero-order valence-corrected chi connectivity index (χ0v) is 16.0. The molecule has 1 aliphatic heterocycles. The molecule has 0 radical (unpaired) electrons. The van der Waals surface area contributed by atoms with Crippen LogP contribution in [0.15, 0.2) is 48.7 Å². The van der Waals surface area contributed by atoms with Gasteiger partial charge in [-0.05, 0) is 64.3 Å². The van der Waals surface area contributed by atoms with Gasteiger partial charge in [-0.2, -0.15) is 0 Å². The summed E-state index contributed by atoms with van der Waals surface area (Å²) < 4.78 is 0. The Kier molecular flexibility index (Phi) is 5.74. The molecule has 0 spiro atoms. The van der Waals surface area contributed by atoms with Crippen LogP contribution in [-0.2, 0) is 6.54 Å². The second-order valence-corrected chi connectivity index (χ2v) is 7.66. The molecular weight excluding hydrogens is 306 g/mol. The number of benzene rings is 1. The molecule has 0 bridgehead atoms. The molecule has 134 valence electrons. The van der Waals surface area contributed by atoms with Gasteiger partial charge < -0.3 is 4.90 Å². The van der Waals surface area contributed by atoms with E-state index >= 15 is 0 Å². The summed E-state index contributed by atoms with van der Waals surface area (Å²) >= 11 is 0. The van der Waals surface area contributed by atoms with Crippen LogP contribution in [0.25, 0.3) is 0 Å². The van der Waals surface area contributed by atoms with Gasteiger partial charge in [0.1, 0.15) is 5.82 Å². The number of likely N-dealkylation sites (tertiary alicyclic amines) is 1. The summed E-state index contributed by atoms with van der Waals surface area (Å²) in [4.78, 5) is 9.77. The lowest BCUT2D eigenvalue weighted by molar-refractivity contribution is 0.248. The van der Waals surface area contributed by atoms with E-state index in [1.165, 1.54) is 30.5 Å². The van der Waals surface area contributed by atoms with Crippen molar-refractivity contribution in [2.75, 3.05) is 11.4 Å². The Morgan fingerprint density at radius 3 is 2.36 bits per heavy atom. The Hall–Kier alpha value is -1.87. The third-order valence-electron chi connectivity index (χ3n) is 5.12. The summed E-state index contributed by atoms with van der Waals surface area (Å²) in [5, 5.41) is 0. The lowest BCUT2D eigenvalue weighted by atomic mass is 10.1. The standard InChI is InChI=1S/C22H31N3/c1-17(2)25(18(3)4)22-13-12-20(15-23-22)21-11-8-14-24(21)16-19-9-6-5-7-10-19/h5-7,9-10,12-13,15,17-18,21H,8,11,14,16H2,1-4H3. The van der Waals surface area contributed by atoms with Crippen LogP contribution < -0.4 is 4.90 Å². The van der Waals surface area contributed by atoms with Crippen molar-refractivity contribution in [3.8, 4) is 0 Å². The van der Waals surface area contributed by atoms with Crippen LogP contribution in [-0.4, -0.2) is 28.5 Å². The van der Waals surface area contributed by atoms with Crippen LogP contribution in [0.4, 0.5) is 5.82 Å². The lowest BCUT2D eigenvalue weighted by Gasteiger charge is -2.32. The van der Waals surface area contributed by atoms with Crippen LogP contribution in [0.5, 0.6) is 0 Å². The van der Waals surface area contributed by atoms with Crippen LogP contribution in [0, 0.1) is 0 Å². The SMILES string of the molecule is CC(C)N(c1ccc(C2CCCN2Cc2ccccc2)cn1)C(C)C. The van der Waals surface area contributed by atoms with Crippen molar-refractivity contribution >= 4 is 5.82 Å². The van der Waals surface area contributed by atoms with Gasteiger partial charge in [0.05, 0.1) is 0 Å². The third kappa shape index (κ3) is 4.21. The van der Waals surface area contributed by atoms with E-state index in [1.54, 1.807) is 0 Å². The van der Waals surface area contributed by atoms with Crippen molar-refractivity contribution in [2.24, 2.45) is 0 Å². The zero-order valence-electron chi connectivity index (χ0n) is 16.0. The van der Waals surface area contributed by atoms with Gasteiger partial charge in [-0.3, -0.25) is 4.90 Å². The minimum atomic E-state index is 0.458. The summed E-state index contributed by atoms with van der Waals surface area (Å²) in [5.74, 6) is 1.08. The number of aromatic nitrogens is 1. The maximum atomic E-state index is 4.81. The average molecular weight is 338 g/mol. The molecule has 2 heterocycles. The van der Waals surface area contributed by atoms with Crippen LogP contribution in [0.2, 0.25) is 0 Å². The first-order chi connectivity index (χ1) is 12.1. The molecule has 1 atom stereocenters. The highest BCUT2D eigenvalue weighted by Gasteiger charge is 2.26. The highest BCUT2D eigenvalue weighted by Crippen LogP contribution is 2.33. The maximum Gasteiger partial charge on any atom is 0.128 e. The molecule has 2 aromatic rings. The molecule has 3 heteroatoms. The number of anilines is 1. The summed E-state index contributed by atoms with van der Waals surface area (Å²) in [6, 6.07) is 16.7. The van der Waals surface area contributed by atoms with Gasteiger partial charge in [-0.1, -0.05) is 36.4 Å². The number of rotatable bonds is 6. The number of nitrogens with zero attached hydrogens (tertiary/aromatic N) is 3. The predicted octanol–water partition coefficient (Wildman–Crippen LogP) is 5.04. The normalized spacial score (nSPS) is 18.2. The minimum Gasteiger partial charge on any atom is -0.352 e. The molecule has 25 heavy (non-hydrogen) atoms. The molecule has 3 nitrogen and oxygen atoms in total. The summed E-state index contributed by atoms with van der Waals surface area (Å²) in [6.07, 6.45) is 4.59. The van der Waals surface area contributed by atoms with Crippen LogP contribution in [0.3, 0.4) is 0 Å². The Labute approximate surface area is 152 Å². The van der Waals surface area contributed by atoms with Gasteiger partial charge in [0.15, 0.2) is 0 Å². The Bertz CT molecular complexity index is 641. The fraction of sp³-hybridized carbons (Fsp3) is 0.500. The Morgan fingerprint density at radius 1 is 1.04 bits per heavy atom. The van der Waals surface area contributed by atoms with Crippen LogP contribution in [0.1, 0.15) is 57.7 Å². The monoisotopic (exact) mass is 337 g/mol. The number of hydrogen-bond acceptors (Lipinski definition) is 3. The molecule has 1 saturated heterocycles. The van der Waals surface area contributed by atoms with Crippen molar-refractivity contribution in [3.05, 3.63) is 59.8 Å². The molecule has 1 aliphatic rings. The van der Waals surface area contributed by atoms with E-state index in [0.717, 1.165) is 12.4 Å². The largest absolute Gasteiger partial charge is 0.352 e. The van der Waals surface area contributed by atoms with Crippen molar-refractivity contribution in [1.29, 1.82) is 0 Å². The van der Waals surface area contributed by atoms with Gasteiger partial charge in [-0.25, -0.2) is 4.98 Å². The highest BCUT2D eigenvalue weighted by molar-refractivity contribution is 5.42. The topological polar surface area (TPSA) is 19.4 Å². The maximum absolute atomic E-state index is 4.81. The van der Waals surface area contributed by atoms with E-state index in [9.17, 15) is 0 Å². The fourth-order valence-electron chi connectivity index (χ4n) is 4.08. The first-order valence-electron chi connectivity index (χ1n) is 9.58. The quantitative estimate of drug-likeness (QED) is 0.736. The molecular formula is C22H31N3. The second kappa shape index (κ2) is 8.01. The van der Waals surface area contributed by atoms with Gasteiger partial charge in [0, 0.05) is 30.9 Å². The van der Waals surface area contributed by atoms with Crippen molar-refractivity contribution in [3.63, 3.8) is 0 Å². The second-order valence-electron chi connectivity index (χ2n) is 7.66. The van der Waals surface area contributed by atoms with Gasteiger partial charge in [0.25, 0.3) is 0 Å². The summed E-state index contributed by atoms with van der Waals surface area (Å²) in [7, 11) is 0. The Morgan fingerprint density at radius 2 is 1.76 bits per heavy atom. The van der Waals surface area contributed by atoms with E-state index in [-0.39, 0.29) is 0 Å². The smallest absolute Gasteiger partial charge is 0.128 e. The number of hydrogen-bond donors (Lipinski definition) is 0. The third-order valence-corrected chi connectivity index (χ3v) is 5.12. The molecule has 0 saturated carbocycles. The predicted molar refractivity (Wildman–Crippen MR) is 106 cm³/mol. The molecule has 1 unspecified atom stereocenters. The lowest BCUT2D eigenvalue weighted by Crippen LogP contribution is -2.37. The van der Waals surface area contributed by atoms with Crippen molar-refractivity contribution < 1.29 is 0 Å². The van der Waals surface area contributed by atoms with E-state index < -0.39 is 0 Å². The Balaban J connectivity index is 1.74. The minimum absolute atomic E-state index is 0.458.